The van der Waals surface area contributed by atoms with Crippen LogP contribution in [0.2, 0.25) is 0 Å². The molecule has 0 aliphatic carbocycles. The van der Waals surface area contributed by atoms with E-state index in [-0.39, 0.29) is 5.91 Å². The number of fused-ring (bicyclic) bond motifs is 1. The number of nitrogens with zero attached hydrogens (tertiary/aromatic N) is 3. The molecule has 6 heteroatoms. The van der Waals surface area contributed by atoms with E-state index in [0.717, 1.165) is 31.7 Å². The van der Waals surface area contributed by atoms with E-state index in [2.05, 4.69) is 29.0 Å². The lowest BCUT2D eigenvalue weighted by Crippen LogP contribution is -2.30. The molecule has 0 aliphatic rings. The van der Waals surface area contributed by atoms with Crippen molar-refractivity contribution in [1.29, 1.82) is 0 Å². The Morgan fingerprint density at radius 2 is 2.08 bits per heavy atom. The molecular formula is C18H28N4O2. The minimum atomic E-state index is -0.0767. The molecule has 0 spiro atoms. The Morgan fingerprint density at radius 3 is 2.71 bits per heavy atom. The maximum Gasteiger partial charge on any atom is 0.270 e. The van der Waals surface area contributed by atoms with Crippen LogP contribution in [-0.2, 0) is 6.42 Å². The maximum atomic E-state index is 12.7. The van der Waals surface area contributed by atoms with E-state index in [1.807, 2.05) is 29.7 Å². The van der Waals surface area contributed by atoms with Gasteiger partial charge < -0.3 is 15.0 Å². The number of aryl methyl sites for hydroxylation is 1. The molecule has 0 bridgehead atoms. The second-order valence-electron chi connectivity index (χ2n) is 5.67. The van der Waals surface area contributed by atoms with Crippen molar-refractivity contribution in [2.75, 3.05) is 33.3 Å². The lowest BCUT2D eigenvalue weighted by atomic mass is 10.2. The van der Waals surface area contributed by atoms with Gasteiger partial charge >= 0.3 is 0 Å². The standard InChI is InChI=1S/C18H28N4O2/c1-5-14-16(18(23)19-11-9-12-21(6-2)7-3)22-13-8-10-15(24-4)17(22)20-14/h8,10,13H,5-7,9,11-12H2,1-4H3,(H,19,23). The first-order valence-electron chi connectivity index (χ1n) is 8.70. The highest BCUT2D eigenvalue weighted by Gasteiger charge is 2.19. The first kappa shape index (κ1) is 18.3. The second-order valence-corrected chi connectivity index (χ2v) is 5.67. The van der Waals surface area contributed by atoms with Gasteiger partial charge in [-0.1, -0.05) is 20.8 Å². The van der Waals surface area contributed by atoms with Crippen LogP contribution in [0.3, 0.4) is 0 Å². The Balaban J connectivity index is 2.11. The minimum absolute atomic E-state index is 0.0767. The van der Waals surface area contributed by atoms with Gasteiger partial charge in [0.05, 0.1) is 12.8 Å². The van der Waals surface area contributed by atoms with Gasteiger partial charge in [-0.05, 0) is 44.6 Å². The fourth-order valence-corrected chi connectivity index (χ4v) is 2.86. The van der Waals surface area contributed by atoms with Crippen LogP contribution in [0.4, 0.5) is 0 Å². The van der Waals surface area contributed by atoms with Crippen molar-refractivity contribution in [3.05, 3.63) is 29.7 Å². The third-order valence-electron chi connectivity index (χ3n) is 4.29. The number of pyridine rings is 1. The Morgan fingerprint density at radius 1 is 1.33 bits per heavy atom. The lowest BCUT2D eigenvalue weighted by Gasteiger charge is -2.17. The highest BCUT2D eigenvalue weighted by atomic mass is 16.5. The van der Waals surface area contributed by atoms with Crippen LogP contribution in [0.1, 0.15) is 43.4 Å². The second kappa shape index (κ2) is 8.68. The molecule has 0 radical (unpaired) electrons. The number of nitrogens with one attached hydrogen (secondary N) is 1. The molecule has 2 heterocycles. The highest BCUT2D eigenvalue weighted by molar-refractivity contribution is 5.95. The maximum absolute atomic E-state index is 12.7. The van der Waals surface area contributed by atoms with E-state index in [1.165, 1.54) is 0 Å². The number of imidazole rings is 1. The number of amides is 1. The molecule has 1 amide bonds. The van der Waals surface area contributed by atoms with E-state index >= 15 is 0 Å². The predicted octanol–water partition coefficient (Wildman–Crippen LogP) is 2.37. The van der Waals surface area contributed by atoms with Crippen molar-refractivity contribution in [1.82, 2.24) is 19.6 Å². The van der Waals surface area contributed by atoms with E-state index in [0.29, 0.717) is 30.1 Å². The average Bonchev–Trinajstić information content (AvgIpc) is 3.00. The molecule has 0 saturated heterocycles. The Kier molecular flexibility index (Phi) is 6.61. The molecule has 0 aromatic carbocycles. The zero-order chi connectivity index (χ0) is 17.5. The van der Waals surface area contributed by atoms with Gasteiger partial charge in [-0.3, -0.25) is 9.20 Å². The summed E-state index contributed by atoms with van der Waals surface area (Å²) in [5, 5.41) is 3.03. The fourth-order valence-electron chi connectivity index (χ4n) is 2.86. The number of rotatable bonds is 9. The predicted molar refractivity (Wildman–Crippen MR) is 95.9 cm³/mol. The normalized spacial score (nSPS) is 11.2. The van der Waals surface area contributed by atoms with Gasteiger partial charge in [0.2, 0.25) is 0 Å². The van der Waals surface area contributed by atoms with Crippen LogP contribution in [0.5, 0.6) is 5.75 Å². The fraction of sp³-hybridized carbons (Fsp3) is 0.556. The molecule has 0 saturated carbocycles. The monoisotopic (exact) mass is 332 g/mol. The molecule has 2 rings (SSSR count). The van der Waals surface area contributed by atoms with E-state index < -0.39 is 0 Å². The van der Waals surface area contributed by atoms with Crippen LogP contribution >= 0.6 is 0 Å². The molecule has 24 heavy (non-hydrogen) atoms. The number of methoxy groups -OCH3 is 1. The van der Waals surface area contributed by atoms with Crippen molar-refractivity contribution >= 4 is 11.6 Å². The molecule has 2 aromatic heterocycles. The first-order valence-corrected chi connectivity index (χ1v) is 8.70. The van der Waals surface area contributed by atoms with Crippen LogP contribution < -0.4 is 10.1 Å². The molecular weight excluding hydrogens is 304 g/mol. The molecule has 1 N–H and O–H groups in total. The third kappa shape index (κ3) is 3.87. The topological polar surface area (TPSA) is 58.9 Å². The van der Waals surface area contributed by atoms with Gasteiger partial charge in [-0.25, -0.2) is 4.98 Å². The summed E-state index contributed by atoms with van der Waals surface area (Å²) in [6.07, 6.45) is 3.50. The van der Waals surface area contributed by atoms with Crippen molar-refractivity contribution in [3.63, 3.8) is 0 Å². The van der Waals surface area contributed by atoms with Crippen LogP contribution in [0.15, 0.2) is 18.3 Å². The quantitative estimate of drug-likeness (QED) is 0.716. The largest absolute Gasteiger partial charge is 0.493 e. The van der Waals surface area contributed by atoms with Crippen LogP contribution in [0, 0.1) is 0 Å². The Bertz CT molecular complexity index is 677. The molecule has 0 fully saturated rings. The van der Waals surface area contributed by atoms with Crippen LogP contribution in [0.25, 0.3) is 5.65 Å². The summed E-state index contributed by atoms with van der Waals surface area (Å²) in [6.45, 7) is 10.0. The summed E-state index contributed by atoms with van der Waals surface area (Å²) >= 11 is 0. The average molecular weight is 332 g/mol. The summed E-state index contributed by atoms with van der Waals surface area (Å²) in [5.74, 6) is 0.597. The summed E-state index contributed by atoms with van der Waals surface area (Å²) in [4.78, 5) is 19.6. The van der Waals surface area contributed by atoms with Crippen LogP contribution in [-0.4, -0.2) is 53.5 Å². The third-order valence-corrected chi connectivity index (χ3v) is 4.29. The van der Waals surface area contributed by atoms with E-state index in [1.54, 1.807) is 7.11 Å². The lowest BCUT2D eigenvalue weighted by molar-refractivity contribution is 0.0945. The zero-order valence-electron chi connectivity index (χ0n) is 15.1. The molecule has 0 atom stereocenters. The molecule has 132 valence electrons. The summed E-state index contributed by atoms with van der Waals surface area (Å²) in [7, 11) is 1.61. The minimum Gasteiger partial charge on any atom is -0.493 e. The Labute approximate surface area is 143 Å². The summed E-state index contributed by atoms with van der Waals surface area (Å²) in [6, 6.07) is 3.72. The molecule has 0 aliphatic heterocycles. The SMILES string of the molecule is CCc1nc2c(OC)cccn2c1C(=O)NCCCN(CC)CC. The molecule has 6 nitrogen and oxygen atoms in total. The van der Waals surface area contributed by atoms with Crippen molar-refractivity contribution < 1.29 is 9.53 Å². The van der Waals surface area contributed by atoms with Crippen molar-refractivity contribution in [2.24, 2.45) is 0 Å². The number of hydrogen-bond donors (Lipinski definition) is 1. The number of aromatic nitrogens is 2. The van der Waals surface area contributed by atoms with Gasteiger partial charge in [-0.2, -0.15) is 0 Å². The smallest absolute Gasteiger partial charge is 0.270 e. The molecule has 0 unspecified atom stereocenters. The first-order chi connectivity index (χ1) is 11.7. The summed E-state index contributed by atoms with van der Waals surface area (Å²) < 4.78 is 7.17. The van der Waals surface area contributed by atoms with Gasteiger partial charge in [0.25, 0.3) is 5.91 Å². The number of carbonyl (C=O) groups is 1. The Hall–Kier alpha value is -2.08. The van der Waals surface area contributed by atoms with Gasteiger partial charge in [-0.15, -0.1) is 0 Å². The van der Waals surface area contributed by atoms with Gasteiger partial charge in [0.15, 0.2) is 11.4 Å². The van der Waals surface area contributed by atoms with Crippen molar-refractivity contribution in [2.45, 2.75) is 33.6 Å². The number of hydrogen-bond acceptors (Lipinski definition) is 4. The molecule has 2 aromatic rings. The van der Waals surface area contributed by atoms with E-state index in [4.69, 9.17) is 4.74 Å². The zero-order valence-corrected chi connectivity index (χ0v) is 15.1. The van der Waals surface area contributed by atoms with Crippen molar-refractivity contribution in [3.8, 4) is 5.75 Å². The van der Waals surface area contributed by atoms with Gasteiger partial charge in [0.1, 0.15) is 5.69 Å². The number of ether oxygens (including phenoxy) is 1. The summed E-state index contributed by atoms with van der Waals surface area (Å²) in [5.41, 5.74) is 2.08. The van der Waals surface area contributed by atoms with Gasteiger partial charge in [0, 0.05) is 12.7 Å². The number of carbonyl (C=O) groups excluding carboxylic acids is 1. The van der Waals surface area contributed by atoms with E-state index in [9.17, 15) is 4.79 Å². The highest BCUT2D eigenvalue weighted by Crippen LogP contribution is 2.22.